The molecule has 0 aromatic heterocycles. The van der Waals surface area contributed by atoms with Crippen LogP contribution in [0.5, 0.6) is 0 Å². The Hall–Kier alpha value is -2.59. The molecular formula is C18H20N2O2. The molecule has 0 spiro atoms. The fourth-order valence-corrected chi connectivity index (χ4v) is 1.66. The average molecular weight is 296 g/mol. The molecule has 0 N–H and O–H groups in total. The maximum atomic E-state index is 11.9. The van der Waals surface area contributed by atoms with Gasteiger partial charge in [-0.25, -0.2) is 4.79 Å². The second-order valence-electron chi connectivity index (χ2n) is 4.53. The Morgan fingerprint density at radius 3 is 2.77 bits per heavy atom. The lowest BCUT2D eigenvalue weighted by molar-refractivity contribution is -0.144. The van der Waals surface area contributed by atoms with Crippen molar-refractivity contribution in [2.75, 3.05) is 6.61 Å². The van der Waals surface area contributed by atoms with Crippen molar-refractivity contribution < 1.29 is 9.53 Å². The third-order valence-electron chi connectivity index (χ3n) is 2.77. The molecule has 0 heterocycles. The Balaban J connectivity index is 2.62. The second-order valence-corrected chi connectivity index (χ2v) is 4.53. The van der Waals surface area contributed by atoms with Crippen molar-refractivity contribution in [3.05, 3.63) is 35.9 Å². The zero-order valence-corrected chi connectivity index (χ0v) is 12.8. The maximum Gasteiger partial charge on any atom is 0.331 e. The van der Waals surface area contributed by atoms with E-state index in [1.54, 1.807) is 13.1 Å². The van der Waals surface area contributed by atoms with Gasteiger partial charge in [-0.05, 0) is 18.9 Å². The van der Waals surface area contributed by atoms with Crippen molar-refractivity contribution in [2.24, 2.45) is 4.99 Å². The molecule has 22 heavy (non-hydrogen) atoms. The molecule has 4 nitrogen and oxygen atoms in total. The molecule has 0 radical (unpaired) electrons. The minimum atomic E-state index is -0.608. The number of hydrogen-bond donors (Lipinski definition) is 0. The zero-order chi connectivity index (χ0) is 16.0. The molecule has 4 heteroatoms. The number of nitriles is 1. The van der Waals surface area contributed by atoms with E-state index in [1.165, 1.54) is 0 Å². The average Bonchev–Trinajstić information content (AvgIpc) is 2.54. The van der Waals surface area contributed by atoms with E-state index in [1.807, 2.05) is 30.3 Å². The number of hydrogen-bond acceptors (Lipinski definition) is 4. The van der Waals surface area contributed by atoms with Crippen LogP contribution < -0.4 is 0 Å². The summed E-state index contributed by atoms with van der Waals surface area (Å²) < 4.78 is 5.02. The Bertz CT molecular complexity index is 577. The Labute approximate surface area is 131 Å². The topological polar surface area (TPSA) is 62.5 Å². The molecule has 114 valence electrons. The molecule has 0 bridgehead atoms. The lowest BCUT2D eigenvalue weighted by atomic mass is 10.2. The number of ether oxygens (including phenoxy) is 1. The van der Waals surface area contributed by atoms with Gasteiger partial charge in [0, 0.05) is 25.5 Å². The summed E-state index contributed by atoms with van der Waals surface area (Å²) in [7, 11) is 0. The van der Waals surface area contributed by atoms with Crippen LogP contribution in [0, 0.1) is 23.2 Å². The third-order valence-corrected chi connectivity index (χ3v) is 2.77. The summed E-state index contributed by atoms with van der Waals surface area (Å²) >= 11 is 0. The van der Waals surface area contributed by atoms with Gasteiger partial charge in [0.2, 0.25) is 0 Å². The maximum absolute atomic E-state index is 11.9. The number of esters is 1. The first-order valence-electron chi connectivity index (χ1n) is 7.35. The van der Waals surface area contributed by atoms with Crippen molar-refractivity contribution >= 4 is 12.2 Å². The summed E-state index contributed by atoms with van der Waals surface area (Å²) in [5, 5.41) is 8.44. The number of carbonyl (C=O) groups is 1. The lowest BCUT2D eigenvalue weighted by Crippen LogP contribution is -2.21. The Morgan fingerprint density at radius 1 is 1.32 bits per heavy atom. The summed E-state index contributed by atoms with van der Waals surface area (Å²) in [6.45, 7) is 2.09. The predicted octanol–water partition coefficient (Wildman–Crippen LogP) is 3.12. The molecule has 1 atom stereocenters. The van der Waals surface area contributed by atoms with E-state index in [0.29, 0.717) is 25.9 Å². The molecule has 0 aliphatic carbocycles. The summed E-state index contributed by atoms with van der Waals surface area (Å²) in [5.41, 5.74) is 0.929. The normalized spacial score (nSPS) is 11.3. The van der Waals surface area contributed by atoms with Gasteiger partial charge in [0.05, 0.1) is 12.7 Å². The molecular weight excluding hydrogens is 276 g/mol. The molecule has 0 fully saturated rings. The van der Waals surface area contributed by atoms with Crippen molar-refractivity contribution in [1.82, 2.24) is 0 Å². The number of aliphatic imine (C=N–C) groups is 1. The minimum absolute atomic E-state index is 0.325. The van der Waals surface area contributed by atoms with Gasteiger partial charge in [-0.2, -0.15) is 5.26 Å². The Kier molecular flexibility index (Phi) is 8.82. The van der Waals surface area contributed by atoms with Gasteiger partial charge >= 0.3 is 5.97 Å². The van der Waals surface area contributed by atoms with Crippen LogP contribution in [0.2, 0.25) is 0 Å². The number of carbonyl (C=O) groups excluding carboxylic acids is 1. The molecule has 1 unspecified atom stereocenters. The highest BCUT2D eigenvalue weighted by Crippen LogP contribution is 2.03. The number of unbranched alkanes of at least 4 members (excludes halogenated alkanes) is 2. The highest BCUT2D eigenvalue weighted by Gasteiger charge is 2.16. The highest BCUT2D eigenvalue weighted by atomic mass is 16.5. The van der Waals surface area contributed by atoms with E-state index in [2.05, 4.69) is 22.9 Å². The van der Waals surface area contributed by atoms with E-state index in [0.717, 1.165) is 12.0 Å². The van der Waals surface area contributed by atoms with E-state index in [-0.39, 0.29) is 5.97 Å². The van der Waals surface area contributed by atoms with Crippen LogP contribution in [0.4, 0.5) is 0 Å². The predicted molar refractivity (Wildman–Crippen MR) is 86.3 cm³/mol. The van der Waals surface area contributed by atoms with E-state index < -0.39 is 6.04 Å². The third kappa shape index (κ3) is 7.26. The first kappa shape index (κ1) is 17.5. The van der Waals surface area contributed by atoms with E-state index >= 15 is 0 Å². The van der Waals surface area contributed by atoms with Gasteiger partial charge < -0.3 is 4.74 Å². The molecule has 0 saturated carbocycles. The molecule has 1 rings (SSSR count). The largest absolute Gasteiger partial charge is 0.464 e. The van der Waals surface area contributed by atoms with Crippen molar-refractivity contribution in [3.8, 4) is 17.9 Å². The molecule has 0 aliphatic rings. The van der Waals surface area contributed by atoms with Crippen molar-refractivity contribution in [1.29, 1.82) is 5.26 Å². The van der Waals surface area contributed by atoms with Gasteiger partial charge in [-0.15, -0.1) is 11.8 Å². The quantitative estimate of drug-likeness (QED) is 0.336. The fraction of sp³-hybridized carbons (Fsp3) is 0.389. The zero-order valence-electron chi connectivity index (χ0n) is 12.8. The smallest absolute Gasteiger partial charge is 0.331 e. The molecule has 0 amide bonds. The first-order chi connectivity index (χ1) is 10.8. The monoisotopic (exact) mass is 296 g/mol. The molecule has 1 aromatic rings. The summed E-state index contributed by atoms with van der Waals surface area (Å²) in [6, 6.07) is 11.0. The number of rotatable bonds is 7. The number of benzene rings is 1. The van der Waals surface area contributed by atoms with Crippen LogP contribution >= 0.6 is 0 Å². The van der Waals surface area contributed by atoms with Crippen LogP contribution in [-0.4, -0.2) is 24.8 Å². The van der Waals surface area contributed by atoms with E-state index in [4.69, 9.17) is 10.00 Å². The molecule has 0 saturated heterocycles. The van der Waals surface area contributed by atoms with Crippen molar-refractivity contribution in [3.63, 3.8) is 0 Å². The van der Waals surface area contributed by atoms with E-state index in [9.17, 15) is 4.79 Å². The van der Waals surface area contributed by atoms with Gasteiger partial charge in [-0.3, -0.25) is 4.99 Å². The van der Waals surface area contributed by atoms with Gasteiger partial charge in [0.1, 0.15) is 0 Å². The number of nitrogens with zero attached hydrogens (tertiary/aromatic N) is 2. The summed E-state index contributed by atoms with van der Waals surface area (Å²) in [5.74, 6) is 5.55. The van der Waals surface area contributed by atoms with Crippen LogP contribution in [0.3, 0.4) is 0 Å². The van der Waals surface area contributed by atoms with Gasteiger partial charge in [0.15, 0.2) is 6.04 Å². The first-order valence-corrected chi connectivity index (χ1v) is 7.35. The Morgan fingerprint density at radius 2 is 2.09 bits per heavy atom. The molecule has 0 aliphatic heterocycles. The fourth-order valence-electron chi connectivity index (χ4n) is 1.66. The van der Waals surface area contributed by atoms with Gasteiger partial charge in [-0.1, -0.05) is 30.3 Å². The van der Waals surface area contributed by atoms with Crippen LogP contribution in [0.25, 0.3) is 0 Å². The van der Waals surface area contributed by atoms with Crippen molar-refractivity contribution in [2.45, 2.75) is 38.6 Å². The highest BCUT2D eigenvalue weighted by molar-refractivity contribution is 5.84. The SMILES string of the molecule is CCOC(=O)C(CC#CCCCC#N)N=Cc1ccccc1. The standard InChI is InChI=1S/C18H20N2O2/c1-2-22-18(21)17(13-9-4-3-5-10-14-19)20-15-16-11-7-6-8-12-16/h6-8,11-12,15,17H,2-3,5,10,13H2,1H3. The minimum Gasteiger partial charge on any atom is -0.464 e. The lowest BCUT2D eigenvalue weighted by Gasteiger charge is -2.07. The summed E-state index contributed by atoms with van der Waals surface area (Å²) in [4.78, 5) is 16.2. The second kappa shape index (κ2) is 11.1. The molecule has 1 aromatic carbocycles. The summed E-state index contributed by atoms with van der Waals surface area (Å²) in [6.07, 6.45) is 3.90. The van der Waals surface area contributed by atoms with Crippen LogP contribution in [-0.2, 0) is 9.53 Å². The van der Waals surface area contributed by atoms with Crippen LogP contribution in [0.1, 0.15) is 38.2 Å². The van der Waals surface area contributed by atoms with Gasteiger partial charge in [0.25, 0.3) is 0 Å². The van der Waals surface area contributed by atoms with Crippen LogP contribution in [0.15, 0.2) is 35.3 Å².